The molecule has 2 rings (SSSR count). The molecule has 0 radical (unpaired) electrons. The van der Waals surface area contributed by atoms with Crippen LogP contribution in [0.3, 0.4) is 0 Å². The zero-order valence-corrected chi connectivity index (χ0v) is 13.3. The first-order chi connectivity index (χ1) is 9.54. The summed E-state index contributed by atoms with van der Waals surface area (Å²) < 4.78 is 28.0. The Morgan fingerprint density at radius 3 is 2.60 bits per heavy atom. The van der Waals surface area contributed by atoms with Crippen molar-refractivity contribution in [1.82, 2.24) is 0 Å². The molecule has 2 aromatic carbocycles. The van der Waals surface area contributed by atoms with E-state index in [1.165, 1.54) is 12.1 Å². The Morgan fingerprint density at radius 1 is 1.20 bits per heavy atom. The standard InChI is InChI=1S/C15H14BrF2NS/c1-20-14-5-3-2-4-9(14)13(19)8-10-12(17)7-6-11(16)15(10)18/h2-7,13H,8,19H2,1H3. The first-order valence-electron chi connectivity index (χ1n) is 6.05. The summed E-state index contributed by atoms with van der Waals surface area (Å²) in [6.45, 7) is 0. The third-order valence-corrected chi connectivity index (χ3v) is 4.53. The first kappa shape index (κ1) is 15.5. The van der Waals surface area contributed by atoms with Gasteiger partial charge in [0, 0.05) is 16.5 Å². The maximum atomic E-state index is 14.0. The SMILES string of the molecule is CSc1ccccc1C(N)Cc1c(F)ccc(Br)c1F. The number of nitrogens with two attached hydrogens (primary N) is 1. The number of thioether (sulfide) groups is 1. The van der Waals surface area contributed by atoms with Crippen molar-refractivity contribution in [2.24, 2.45) is 5.73 Å². The van der Waals surface area contributed by atoms with Gasteiger partial charge < -0.3 is 5.73 Å². The van der Waals surface area contributed by atoms with E-state index < -0.39 is 17.7 Å². The molecule has 0 aliphatic rings. The van der Waals surface area contributed by atoms with Crippen molar-refractivity contribution in [3.05, 3.63) is 63.6 Å². The molecule has 2 aromatic rings. The Labute approximate surface area is 129 Å². The highest BCUT2D eigenvalue weighted by Gasteiger charge is 2.18. The topological polar surface area (TPSA) is 26.0 Å². The van der Waals surface area contributed by atoms with Gasteiger partial charge in [-0.25, -0.2) is 8.78 Å². The van der Waals surface area contributed by atoms with E-state index >= 15 is 0 Å². The Hall–Kier alpha value is -0.910. The van der Waals surface area contributed by atoms with Gasteiger partial charge in [-0.1, -0.05) is 18.2 Å². The van der Waals surface area contributed by atoms with E-state index in [-0.39, 0.29) is 16.5 Å². The van der Waals surface area contributed by atoms with Crippen molar-refractivity contribution < 1.29 is 8.78 Å². The number of hydrogen-bond donors (Lipinski definition) is 1. The van der Waals surface area contributed by atoms with Gasteiger partial charge in [-0.3, -0.25) is 0 Å². The molecule has 1 atom stereocenters. The first-order valence-corrected chi connectivity index (χ1v) is 8.07. The lowest BCUT2D eigenvalue weighted by molar-refractivity contribution is 0.535. The number of rotatable bonds is 4. The van der Waals surface area contributed by atoms with Crippen molar-refractivity contribution in [2.45, 2.75) is 17.4 Å². The van der Waals surface area contributed by atoms with Gasteiger partial charge in [-0.15, -0.1) is 11.8 Å². The summed E-state index contributed by atoms with van der Waals surface area (Å²) in [5.41, 5.74) is 7.05. The summed E-state index contributed by atoms with van der Waals surface area (Å²) in [7, 11) is 0. The van der Waals surface area contributed by atoms with Crippen LogP contribution >= 0.6 is 27.7 Å². The van der Waals surface area contributed by atoms with Crippen LogP contribution in [-0.4, -0.2) is 6.26 Å². The van der Waals surface area contributed by atoms with Crippen molar-refractivity contribution in [3.8, 4) is 0 Å². The van der Waals surface area contributed by atoms with Crippen molar-refractivity contribution >= 4 is 27.7 Å². The van der Waals surface area contributed by atoms with Crippen molar-refractivity contribution in [2.75, 3.05) is 6.26 Å². The van der Waals surface area contributed by atoms with Gasteiger partial charge in [-0.05, 0) is 52.4 Å². The van der Waals surface area contributed by atoms with Gasteiger partial charge in [-0.2, -0.15) is 0 Å². The van der Waals surface area contributed by atoms with Gasteiger partial charge in [0.1, 0.15) is 11.6 Å². The van der Waals surface area contributed by atoms with Crippen LogP contribution < -0.4 is 5.73 Å². The van der Waals surface area contributed by atoms with Crippen LogP contribution in [0.1, 0.15) is 17.2 Å². The highest BCUT2D eigenvalue weighted by Crippen LogP contribution is 2.29. The minimum atomic E-state index is -0.581. The summed E-state index contributed by atoms with van der Waals surface area (Å²) in [6.07, 6.45) is 2.07. The lowest BCUT2D eigenvalue weighted by Gasteiger charge is -2.16. The Kier molecular flexibility index (Phi) is 5.18. The van der Waals surface area contributed by atoms with Crippen LogP contribution in [0.4, 0.5) is 8.78 Å². The third-order valence-electron chi connectivity index (χ3n) is 3.10. The monoisotopic (exact) mass is 357 g/mol. The molecule has 0 aliphatic carbocycles. The van der Waals surface area contributed by atoms with Crippen LogP contribution in [-0.2, 0) is 6.42 Å². The van der Waals surface area contributed by atoms with Gasteiger partial charge in [0.2, 0.25) is 0 Å². The summed E-state index contributed by atoms with van der Waals surface area (Å²) in [5, 5.41) is 0. The number of benzene rings is 2. The second-order valence-electron chi connectivity index (χ2n) is 4.37. The lowest BCUT2D eigenvalue weighted by Crippen LogP contribution is -2.16. The Bertz CT molecular complexity index is 619. The van der Waals surface area contributed by atoms with Crippen LogP contribution in [0.5, 0.6) is 0 Å². The van der Waals surface area contributed by atoms with Crippen LogP contribution in [0.15, 0.2) is 45.8 Å². The molecule has 0 fully saturated rings. The molecular formula is C15H14BrF2NS. The molecule has 0 aromatic heterocycles. The summed E-state index contributed by atoms with van der Waals surface area (Å²) >= 11 is 4.64. The lowest BCUT2D eigenvalue weighted by atomic mass is 9.99. The van der Waals surface area contributed by atoms with E-state index in [0.29, 0.717) is 0 Å². The maximum Gasteiger partial charge on any atom is 0.143 e. The smallest absolute Gasteiger partial charge is 0.143 e. The largest absolute Gasteiger partial charge is 0.324 e. The Balaban J connectivity index is 2.33. The predicted octanol–water partition coefficient (Wildman–Crippen LogP) is 4.69. The van der Waals surface area contributed by atoms with E-state index in [0.717, 1.165) is 10.5 Å². The molecule has 5 heteroatoms. The minimum absolute atomic E-state index is 0.0165. The van der Waals surface area contributed by atoms with Gasteiger partial charge in [0.25, 0.3) is 0 Å². The van der Waals surface area contributed by atoms with Crippen molar-refractivity contribution in [1.29, 1.82) is 0 Å². The fraction of sp³-hybridized carbons (Fsp3) is 0.200. The van der Waals surface area contributed by atoms with E-state index in [9.17, 15) is 8.78 Å². The van der Waals surface area contributed by atoms with E-state index in [1.807, 2.05) is 30.5 Å². The van der Waals surface area contributed by atoms with Crippen LogP contribution in [0.25, 0.3) is 0 Å². The molecule has 1 unspecified atom stereocenters. The quantitative estimate of drug-likeness (QED) is 0.634. The maximum absolute atomic E-state index is 14.0. The van der Waals surface area contributed by atoms with E-state index in [2.05, 4.69) is 15.9 Å². The molecule has 1 nitrogen and oxygen atoms in total. The molecular weight excluding hydrogens is 344 g/mol. The zero-order chi connectivity index (χ0) is 14.7. The number of hydrogen-bond acceptors (Lipinski definition) is 2. The third kappa shape index (κ3) is 3.22. The second kappa shape index (κ2) is 6.70. The van der Waals surface area contributed by atoms with Crippen LogP contribution in [0, 0.1) is 11.6 Å². The molecule has 0 spiro atoms. The molecule has 0 bridgehead atoms. The molecule has 20 heavy (non-hydrogen) atoms. The second-order valence-corrected chi connectivity index (χ2v) is 6.08. The molecule has 0 aliphatic heterocycles. The van der Waals surface area contributed by atoms with Gasteiger partial charge >= 0.3 is 0 Å². The zero-order valence-electron chi connectivity index (χ0n) is 10.9. The normalized spacial score (nSPS) is 12.4. The Morgan fingerprint density at radius 2 is 1.90 bits per heavy atom. The molecule has 0 amide bonds. The molecule has 0 saturated heterocycles. The van der Waals surface area contributed by atoms with Crippen LogP contribution in [0.2, 0.25) is 0 Å². The molecule has 2 N–H and O–H groups in total. The number of halogens is 3. The fourth-order valence-corrected chi connectivity index (χ4v) is 3.10. The summed E-state index contributed by atoms with van der Waals surface area (Å²) in [5.74, 6) is -1.15. The fourth-order valence-electron chi connectivity index (χ4n) is 2.06. The van der Waals surface area contributed by atoms with Gasteiger partial charge in [0.05, 0.1) is 4.47 Å². The molecule has 0 heterocycles. The highest BCUT2D eigenvalue weighted by molar-refractivity contribution is 9.10. The molecule has 106 valence electrons. The summed E-state index contributed by atoms with van der Waals surface area (Å²) in [4.78, 5) is 1.02. The average Bonchev–Trinajstić information content (AvgIpc) is 2.47. The minimum Gasteiger partial charge on any atom is -0.324 e. The predicted molar refractivity (Wildman–Crippen MR) is 82.9 cm³/mol. The highest BCUT2D eigenvalue weighted by atomic mass is 79.9. The van der Waals surface area contributed by atoms with Gasteiger partial charge in [0.15, 0.2) is 0 Å². The van der Waals surface area contributed by atoms with E-state index in [1.54, 1.807) is 11.8 Å². The average molecular weight is 358 g/mol. The summed E-state index contributed by atoms with van der Waals surface area (Å²) in [6, 6.07) is 9.80. The van der Waals surface area contributed by atoms with Crippen molar-refractivity contribution in [3.63, 3.8) is 0 Å². The van der Waals surface area contributed by atoms with E-state index in [4.69, 9.17) is 5.73 Å². The molecule has 0 saturated carbocycles.